The number of benzene rings is 3. The molecule has 214 valence electrons. The molecule has 0 saturated heterocycles. The number of hydrogen-bond donors (Lipinski definition) is 1. The first-order chi connectivity index (χ1) is 18.9. The Kier molecular flexibility index (Phi) is 10.6. The van der Waals surface area contributed by atoms with E-state index in [1.807, 2.05) is 13.8 Å². The van der Waals surface area contributed by atoms with Gasteiger partial charge in [-0.25, -0.2) is 8.42 Å². The number of sulfonamides is 1. The molecule has 40 heavy (non-hydrogen) atoms. The van der Waals surface area contributed by atoms with E-state index in [1.54, 1.807) is 69.5 Å². The van der Waals surface area contributed by atoms with Gasteiger partial charge in [0.25, 0.3) is 10.0 Å². The summed E-state index contributed by atoms with van der Waals surface area (Å²) >= 11 is 6.00. The highest BCUT2D eigenvalue weighted by molar-refractivity contribution is 7.92. The molecule has 0 heterocycles. The lowest BCUT2D eigenvalue weighted by molar-refractivity contribution is -0.139. The number of rotatable bonds is 12. The first-order valence-electron chi connectivity index (χ1n) is 13.0. The Morgan fingerprint density at radius 2 is 1.57 bits per heavy atom. The predicted octanol–water partition coefficient (Wildman–Crippen LogP) is 5.04. The third-order valence-corrected chi connectivity index (χ3v) is 8.45. The van der Waals surface area contributed by atoms with E-state index in [2.05, 4.69) is 5.32 Å². The molecule has 8 nitrogen and oxygen atoms in total. The topological polar surface area (TPSA) is 96.0 Å². The van der Waals surface area contributed by atoms with Crippen LogP contribution >= 0.6 is 11.6 Å². The van der Waals surface area contributed by atoms with Gasteiger partial charge in [-0.3, -0.25) is 13.9 Å². The van der Waals surface area contributed by atoms with Gasteiger partial charge >= 0.3 is 0 Å². The van der Waals surface area contributed by atoms with Crippen LogP contribution in [0.1, 0.15) is 31.9 Å². The second kappa shape index (κ2) is 13.7. The van der Waals surface area contributed by atoms with Crippen molar-refractivity contribution >= 4 is 39.1 Å². The number of para-hydroxylation sites is 1. The molecule has 0 aliphatic carbocycles. The van der Waals surface area contributed by atoms with E-state index in [0.29, 0.717) is 28.6 Å². The van der Waals surface area contributed by atoms with Crippen molar-refractivity contribution < 1.29 is 22.7 Å². The molecule has 0 radical (unpaired) electrons. The van der Waals surface area contributed by atoms with Crippen LogP contribution in [-0.2, 0) is 26.2 Å². The fourth-order valence-corrected chi connectivity index (χ4v) is 5.66. The minimum atomic E-state index is -4.16. The highest BCUT2D eigenvalue weighted by Crippen LogP contribution is 2.28. The molecule has 3 rings (SSSR count). The van der Waals surface area contributed by atoms with Gasteiger partial charge in [-0.05, 0) is 73.4 Å². The van der Waals surface area contributed by atoms with Gasteiger partial charge in [0, 0.05) is 18.1 Å². The van der Waals surface area contributed by atoms with Crippen LogP contribution in [0.2, 0.25) is 5.02 Å². The van der Waals surface area contributed by atoms with Crippen molar-refractivity contribution in [1.82, 2.24) is 10.2 Å². The molecule has 3 aromatic carbocycles. The number of carbonyl (C=O) groups excluding carboxylic acids is 2. The van der Waals surface area contributed by atoms with Gasteiger partial charge < -0.3 is 15.0 Å². The number of hydrogen-bond acceptors (Lipinski definition) is 5. The first-order valence-corrected chi connectivity index (χ1v) is 14.8. The lowest BCUT2D eigenvalue weighted by Crippen LogP contribution is -2.51. The monoisotopic (exact) mass is 585 g/mol. The number of aryl methyl sites for hydroxylation is 1. The van der Waals surface area contributed by atoms with Gasteiger partial charge in [0.15, 0.2) is 0 Å². The standard InChI is InChI=1S/C30H36ClN3O5S/c1-21(2)18-32-30(36)23(4)33(19-24-10-14-26(39-5)15-11-24)29(35)20-34(28-9-7-6-8-22(28)3)40(37,38)27-16-12-25(31)13-17-27/h6-17,21,23H,18-20H2,1-5H3,(H,32,36). The number of carbonyl (C=O) groups is 2. The van der Waals surface area contributed by atoms with Crippen LogP contribution < -0.4 is 14.4 Å². The Hall–Kier alpha value is -3.56. The lowest BCUT2D eigenvalue weighted by atomic mass is 10.1. The third-order valence-electron chi connectivity index (χ3n) is 6.43. The highest BCUT2D eigenvalue weighted by Gasteiger charge is 2.33. The van der Waals surface area contributed by atoms with Gasteiger partial charge in [0.1, 0.15) is 18.3 Å². The molecule has 1 atom stereocenters. The maximum absolute atomic E-state index is 14.0. The van der Waals surface area contributed by atoms with Crippen LogP contribution in [0.15, 0.2) is 77.7 Å². The van der Waals surface area contributed by atoms with E-state index in [-0.39, 0.29) is 23.3 Å². The van der Waals surface area contributed by atoms with Crippen molar-refractivity contribution in [1.29, 1.82) is 0 Å². The van der Waals surface area contributed by atoms with Gasteiger partial charge in [-0.2, -0.15) is 0 Å². The van der Waals surface area contributed by atoms with Crippen molar-refractivity contribution in [2.45, 2.75) is 45.2 Å². The van der Waals surface area contributed by atoms with Gasteiger partial charge in [-0.1, -0.05) is 55.8 Å². The van der Waals surface area contributed by atoms with Crippen LogP contribution in [0.4, 0.5) is 5.69 Å². The van der Waals surface area contributed by atoms with E-state index in [0.717, 1.165) is 9.87 Å². The summed E-state index contributed by atoms with van der Waals surface area (Å²) in [6.07, 6.45) is 0. The smallest absolute Gasteiger partial charge is 0.264 e. The maximum Gasteiger partial charge on any atom is 0.264 e. The van der Waals surface area contributed by atoms with Gasteiger partial charge in [0.2, 0.25) is 11.8 Å². The summed E-state index contributed by atoms with van der Waals surface area (Å²) in [5.74, 6) is 0.0365. The molecule has 0 fully saturated rings. The van der Waals surface area contributed by atoms with E-state index in [4.69, 9.17) is 16.3 Å². The molecule has 1 N–H and O–H groups in total. The van der Waals surface area contributed by atoms with E-state index in [9.17, 15) is 18.0 Å². The number of methoxy groups -OCH3 is 1. The number of halogens is 1. The molecule has 0 spiro atoms. The molecule has 0 aliphatic heterocycles. The summed E-state index contributed by atoms with van der Waals surface area (Å²) in [6, 6.07) is 19.0. The molecule has 1 unspecified atom stereocenters. The minimum absolute atomic E-state index is 0.00242. The number of anilines is 1. The van der Waals surface area contributed by atoms with Crippen molar-refractivity contribution in [3.8, 4) is 5.75 Å². The lowest BCUT2D eigenvalue weighted by Gasteiger charge is -2.32. The third kappa shape index (κ3) is 7.76. The summed E-state index contributed by atoms with van der Waals surface area (Å²) in [7, 11) is -2.60. The Morgan fingerprint density at radius 1 is 0.950 bits per heavy atom. The molecular weight excluding hydrogens is 550 g/mol. The van der Waals surface area contributed by atoms with Crippen LogP contribution in [-0.4, -0.2) is 51.4 Å². The van der Waals surface area contributed by atoms with Crippen LogP contribution in [0.25, 0.3) is 0 Å². The molecule has 3 aromatic rings. The molecule has 0 aliphatic rings. The second-order valence-corrected chi connectivity index (χ2v) is 12.2. The molecule has 0 saturated carbocycles. The van der Waals surface area contributed by atoms with Crippen molar-refractivity contribution in [3.05, 3.63) is 88.9 Å². The zero-order valence-electron chi connectivity index (χ0n) is 23.4. The average Bonchev–Trinajstić information content (AvgIpc) is 2.93. The fraction of sp³-hybridized carbons (Fsp3) is 0.333. The summed E-state index contributed by atoms with van der Waals surface area (Å²) in [6.45, 7) is 7.42. The van der Waals surface area contributed by atoms with Crippen molar-refractivity contribution in [2.75, 3.05) is 24.5 Å². The first kappa shape index (κ1) is 31.0. The molecule has 0 aromatic heterocycles. The van der Waals surface area contributed by atoms with Crippen LogP contribution in [0.5, 0.6) is 5.75 Å². The van der Waals surface area contributed by atoms with Gasteiger partial charge in [0.05, 0.1) is 17.7 Å². The number of nitrogens with zero attached hydrogens (tertiary/aromatic N) is 2. The highest BCUT2D eigenvalue weighted by atomic mass is 35.5. The van der Waals surface area contributed by atoms with E-state index >= 15 is 0 Å². The number of ether oxygens (including phenoxy) is 1. The number of amides is 2. The summed E-state index contributed by atoms with van der Waals surface area (Å²) in [5.41, 5.74) is 1.81. The average molecular weight is 586 g/mol. The fourth-order valence-electron chi connectivity index (χ4n) is 4.05. The minimum Gasteiger partial charge on any atom is -0.497 e. The molecule has 10 heteroatoms. The maximum atomic E-state index is 14.0. The van der Waals surface area contributed by atoms with Crippen molar-refractivity contribution in [2.24, 2.45) is 5.92 Å². The number of nitrogens with one attached hydrogen (secondary N) is 1. The Labute approximate surface area is 241 Å². The molecule has 2 amide bonds. The summed E-state index contributed by atoms with van der Waals surface area (Å²) < 4.78 is 34.1. The Balaban J connectivity index is 2.01. The SMILES string of the molecule is COc1ccc(CN(C(=O)CN(c2ccccc2C)S(=O)(=O)c2ccc(Cl)cc2)C(C)C(=O)NCC(C)C)cc1. The summed E-state index contributed by atoms with van der Waals surface area (Å²) in [4.78, 5) is 28.5. The predicted molar refractivity (Wildman–Crippen MR) is 158 cm³/mol. The summed E-state index contributed by atoms with van der Waals surface area (Å²) in [5, 5.41) is 3.27. The molecule has 0 bridgehead atoms. The Bertz CT molecular complexity index is 1410. The second-order valence-electron chi connectivity index (χ2n) is 9.94. The normalized spacial score (nSPS) is 12.1. The van der Waals surface area contributed by atoms with Gasteiger partial charge in [-0.15, -0.1) is 0 Å². The van der Waals surface area contributed by atoms with E-state index < -0.39 is 28.5 Å². The Morgan fingerprint density at radius 3 is 2.15 bits per heavy atom. The van der Waals surface area contributed by atoms with Crippen LogP contribution in [0, 0.1) is 12.8 Å². The molecular formula is C30H36ClN3O5S. The zero-order chi connectivity index (χ0) is 29.4. The largest absolute Gasteiger partial charge is 0.497 e. The van der Waals surface area contributed by atoms with Crippen molar-refractivity contribution in [3.63, 3.8) is 0 Å². The van der Waals surface area contributed by atoms with Crippen LogP contribution in [0.3, 0.4) is 0 Å². The zero-order valence-corrected chi connectivity index (χ0v) is 25.0. The van der Waals surface area contributed by atoms with E-state index in [1.165, 1.54) is 29.2 Å². The quantitative estimate of drug-likeness (QED) is 0.321.